The first-order valence-corrected chi connectivity index (χ1v) is 8.20. The van der Waals surface area contributed by atoms with E-state index >= 15 is 0 Å². The summed E-state index contributed by atoms with van der Waals surface area (Å²) >= 11 is 1.60. The number of hydrogen-bond donors (Lipinski definition) is 1. The highest BCUT2D eigenvalue weighted by Gasteiger charge is 2.11. The van der Waals surface area contributed by atoms with Crippen molar-refractivity contribution in [3.63, 3.8) is 0 Å². The molecule has 8 heteroatoms. The van der Waals surface area contributed by atoms with Gasteiger partial charge in [0.25, 0.3) is 0 Å². The average Bonchev–Trinajstić information content (AvgIpc) is 3.25. The monoisotopic (exact) mass is 331 g/mol. The van der Waals surface area contributed by atoms with Crippen molar-refractivity contribution in [2.75, 3.05) is 0 Å². The number of nitrogens with zero attached hydrogens (tertiary/aromatic N) is 4. The summed E-state index contributed by atoms with van der Waals surface area (Å²) in [5, 5.41) is 18.8. The zero-order chi connectivity index (χ0) is 16.2. The maximum Gasteiger partial charge on any atom is 0.220 e. The maximum atomic E-state index is 12.0. The molecule has 0 aliphatic rings. The molecule has 0 saturated heterocycles. The van der Waals surface area contributed by atoms with Crippen molar-refractivity contribution in [1.29, 1.82) is 0 Å². The van der Waals surface area contributed by atoms with Crippen LogP contribution >= 0.6 is 11.3 Å². The SMILES string of the molecule is Cc1noc(C)c1CCC(=O)NCc1cn(-c2ccsc2)nn1. The number of hydrogen-bond acceptors (Lipinski definition) is 6. The van der Waals surface area contributed by atoms with Crippen LogP contribution in [0.3, 0.4) is 0 Å². The molecule has 3 aromatic rings. The van der Waals surface area contributed by atoms with Crippen LogP contribution in [0.2, 0.25) is 0 Å². The van der Waals surface area contributed by atoms with Crippen molar-refractivity contribution in [2.24, 2.45) is 0 Å². The minimum atomic E-state index is -0.0323. The normalized spacial score (nSPS) is 10.9. The number of nitrogens with one attached hydrogen (secondary N) is 1. The molecule has 3 rings (SSSR count). The van der Waals surface area contributed by atoms with Gasteiger partial charge in [-0.25, -0.2) is 4.68 Å². The minimum absolute atomic E-state index is 0.0323. The largest absolute Gasteiger partial charge is 0.361 e. The second-order valence-electron chi connectivity index (χ2n) is 5.22. The third-order valence-corrected chi connectivity index (χ3v) is 4.23. The van der Waals surface area contributed by atoms with Gasteiger partial charge in [-0.3, -0.25) is 4.79 Å². The van der Waals surface area contributed by atoms with Crippen LogP contribution in [0.25, 0.3) is 5.69 Å². The fraction of sp³-hybridized carbons (Fsp3) is 0.333. The van der Waals surface area contributed by atoms with E-state index in [4.69, 9.17) is 4.52 Å². The summed E-state index contributed by atoms with van der Waals surface area (Å²) in [4.78, 5) is 12.0. The van der Waals surface area contributed by atoms with Gasteiger partial charge in [-0.1, -0.05) is 10.4 Å². The van der Waals surface area contributed by atoms with Crippen LogP contribution in [0, 0.1) is 13.8 Å². The zero-order valence-electron chi connectivity index (χ0n) is 12.9. The first kappa shape index (κ1) is 15.4. The van der Waals surface area contributed by atoms with E-state index in [0.29, 0.717) is 19.4 Å². The topological polar surface area (TPSA) is 85.8 Å². The summed E-state index contributed by atoms with van der Waals surface area (Å²) in [5.41, 5.74) is 3.54. The van der Waals surface area contributed by atoms with Gasteiger partial charge < -0.3 is 9.84 Å². The molecule has 0 bridgehead atoms. The zero-order valence-corrected chi connectivity index (χ0v) is 13.8. The van der Waals surface area contributed by atoms with E-state index in [2.05, 4.69) is 20.8 Å². The summed E-state index contributed by atoms with van der Waals surface area (Å²) in [6.45, 7) is 4.10. The summed E-state index contributed by atoms with van der Waals surface area (Å²) in [7, 11) is 0. The van der Waals surface area contributed by atoms with Gasteiger partial charge in [-0.2, -0.15) is 11.3 Å². The smallest absolute Gasteiger partial charge is 0.220 e. The Morgan fingerprint density at radius 2 is 2.30 bits per heavy atom. The molecule has 1 N–H and O–H groups in total. The number of aryl methyl sites for hydroxylation is 2. The van der Waals surface area contributed by atoms with Crippen molar-refractivity contribution >= 4 is 17.2 Å². The molecule has 0 atom stereocenters. The van der Waals surface area contributed by atoms with Gasteiger partial charge in [0.05, 0.1) is 24.1 Å². The first-order valence-electron chi connectivity index (χ1n) is 7.25. The van der Waals surface area contributed by atoms with Crippen LogP contribution in [-0.4, -0.2) is 26.1 Å². The number of aromatic nitrogens is 4. The number of carbonyl (C=O) groups is 1. The summed E-state index contributed by atoms with van der Waals surface area (Å²) in [6.07, 6.45) is 2.83. The summed E-state index contributed by atoms with van der Waals surface area (Å²) in [5.74, 6) is 0.740. The summed E-state index contributed by atoms with van der Waals surface area (Å²) < 4.78 is 6.79. The van der Waals surface area contributed by atoms with E-state index in [9.17, 15) is 4.79 Å². The van der Waals surface area contributed by atoms with E-state index < -0.39 is 0 Å². The quantitative estimate of drug-likeness (QED) is 0.748. The average molecular weight is 331 g/mol. The molecule has 0 aliphatic carbocycles. The van der Waals surface area contributed by atoms with Crippen LogP contribution in [0.1, 0.15) is 29.1 Å². The van der Waals surface area contributed by atoms with Crippen molar-refractivity contribution in [1.82, 2.24) is 25.5 Å². The predicted octanol–water partition coefficient (Wildman–Crippen LogP) is 2.18. The molecule has 1 amide bonds. The minimum Gasteiger partial charge on any atom is -0.361 e. The van der Waals surface area contributed by atoms with Crippen molar-refractivity contribution in [2.45, 2.75) is 33.2 Å². The van der Waals surface area contributed by atoms with E-state index in [-0.39, 0.29) is 5.91 Å². The lowest BCUT2D eigenvalue weighted by atomic mass is 10.1. The van der Waals surface area contributed by atoms with E-state index in [1.807, 2.05) is 36.9 Å². The highest BCUT2D eigenvalue weighted by Crippen LogP contribution is 2.14. The van der Waals surface area contributed by atoms with E-state index in [0.717, 1.165) is 28.4 Å². The molecule has 7 nitrogen and oxygen atoms in total. The molecule has 23 heavy (non-hydrogen) atoms. The molecule has 0 saturated carbocycles. The Morgan fingerprint density at radius 1 is 1.43 bits per heavy atom. The Balaban J connectivity index is 1.49. The van der Waals surface area contributed by atoms with Gasteiger partial charge >= 0.3 is 0 Å². The third kappa shape index (κ3) is 3.65. The van der Waals surface area contributed by atoms with Crippen molar-refractivity contribution in [3.05, 3.63) is 45.7 Å². The van der Waals surface area contributed by atoms with E-state index in [1.54, 1.807) is 16.0 Å². The number of carbonyl (C=O) groups excluding carboxylic acids is 1. The second kappa shape index (κ2) is 6.74. The molecule has 0 radical (unpaired) electrons. The molecule has 0 unspecified atom stereocenters. The lowest BCUT2D eigenvalue weighted by Crippen LogP contribution is -2.23. The highest BCUT2D eigenvalue weighted by molar-refractivity contribution is 7.08. The Labute approximate surface area is 137 Å². The standard InChI is InChI=1S/C15H17N5O2S/c1-10-14(11(2)22-18-10)3-4-15(21)16-7-12-8-20(19-17-12)13-5-6-23-9-13/h5-6,8-9H,3-4,7H2,1-2H3,(H,16,21). The highest BCUT2D eigenvalue weighted by atomic mass is 32.1. The molecular weight excluding hydrogens is 314 g/mol. The Hall–Kier alpha value is -2.48. The Bertz CT molecular complexity index is 771. The molecule has 0 fully saturated rings. The predicted molar refractivity (Wildman–Crippen MR) is 85.4 cm³/mol. The fourth-order valence-electron chi connectivity index (χ4n) is 2.27. The Kier molecular flexibility index (Phi) is 4.52. The van der Waals surface area contributed by atoms with Crippen molar-refractivity contribution in [3.8, 4) is 5.69 Å². The van der Waals surface area contributed by atoms with Gasteiger partial charge in [0.2, 0.25) is 5.91 Å². The van der Waals surface area contributed by atoms with Gasteiger partial charge in [0.15, 0.2) is 0 Å². The summed E-state index contributed by atoms with van der Waals surface area (Å²) in [6, 6.07) is 1.96. The fourth-order valence-corrected chi connectivity index (χ4v) is 2.89. The number of amides is 1. The molecule has 0 aliphatic heterocycles. The molecule has 120 valence electrons. The molecule has 0 aromatic carbocycles. The molecule has 3 aromatic heterocycles. The van der Waals surface area contributed by atoms with E-state index in [1.165, 1.54) is 0 Å². The Morgan fingerprint density at radius 3 is 3.00 bits per heavy atom. The van der Waals surface area contributed by atoms with Crippen molar-refractivity contribution < 1.29 is 9.32 Å². The van der Waals surface area contributed by atoms with Crippen LogP contribution in [0.15, 0.2) is 27.5 Å². The van der Waals surface area contributed by atoms with Gasteiger partial charge in [0.1, 0.15) is 11.5 Å². The molecule has 0 spiro atoms. The van der Waals surface area contributed by atoms with Gasteiger partial charge in [-0.05, 0) is 31.7 Å². The first-order chi connectivity index (χ1) is 11.1. The van der Waals surface area contributed by atoms with Crippen LogP contribution in [-0.2, 0) is 17.8 Å². The number of thiophene rings is 1. The lowest BCUT2D eigenvalue weighted by Gasteiger charge is -2.02. The second-order valence-corrected chi connectivity index (χ2v) is 6.00. The van der Waals surface area contributed by atoms with Crippen LogP contribution in [0.5, 0.6) is 0 Å². The molecular formula is C15H17N5O2S. The van der Waals surface area contributed by atoms with Crippen LogP contribution < -0.4 is 5.32 Å². The van der Waals surface area contributed by atoms with Gasteiger partial charge in [0, 0.05) is 17.4 Å². The lowest BCUT2D eigenvalue weighted by molar-refractivity contribution is -0.121. The van der Waals surface area contributed by atoms with Gasteiger partial charge in [-0.15, -0.1) is 5.10 Å². The van der Waals surface area contributed by atoms with Crippen LogP contribution in [0.4, 0.5) is 0 Å². The third-order valence-electron chi connectivity index (χ3n) is 3.56. The number of rotatable bonds is 6. The molecule has 3 heterocycles. The maximum absolute atomic E-state index is 12.0.